The van der Waals surface area contributed by atoms with Gasteiger partial charge >= 0.3 is 5.97 Å². The Bertz CT molecular complexity index is 245. The van der Waals surface area contributed by atoms with Crippen LogP contribution < -0.4 is 0 Å². The van der Waals surface area contributed by atoms with Crippen LogP contribution in [0.15, 0.2) is 0 Å². The second-order valence-corrected chi connectivity index (χ2v) is 5.15. The number of esters is 1. The smallest absolute Gasteiger partial charge is 0.312 e. The zero-order valence-corrected chi connectivity index (χ0v) is 12.8. The Hall–Kier alpha value is -0.610. The lowest BCUT2D eigenvalue weighted by atomic mass is 9.68. The minimum absolute atomic E-state index is 0.272. The van der Waals surface area contributed by atoms with Crippen molar-refractivity contribution in [2.24, 2.45) is 11.3 Å². The lowest BCUT2D eigenvalue weighted by molar-refractivity contribution is -0.171. The molecule has 0 aliphatic rings. The van der Waals surface area contributed by atoms with E-state index >= 15 is 0 Å². The molecule has 4 nitrogen and oxygen atoms in total. The third-order valence-electron chi connectivity index (χ3n) is 4.26. The molecule has 0 radical (unpaired) electrons. The van der Waals surface area contributed by atoms with E-state index in [1.807, 2.05) is 13.8 Å². The Kier molecular flexibility index (Phi) is 9.02. The third kappa shape index (κ3) is 4.46. The quantitative estimate of drug-likeness (QED) is 0.601. The molecule has 0 saturated heterocycles. The summed E-state index contributed by atoms with van der Waals surface area (Å²) < 4.78 is 5.29. The van der Waals surface area contributed by atoms with Gasteiger partial charge in [0.1, 0.15) is 6.10 Å². The summed E-state index contributed by atoms with van der Waals surface area (Å²) in [6.45, 7) is 7.57. The van der Waals surface area contributed by atoms with Gasteiger partial charge in [-0.1, -0.05) is 40.5 Å². The van der Waals surface area contributed by atoms with Gasteiger partial charge in [-0.25, -0.2) is 0 Å². The SMILES string of the molecule is CCCC(CC)C(CC)(CC)C(=O)OC(CO)CO. The van der Waals surface area contributed by atoms with Crippen LogP contribution in [0.25, 0.3) is 0 Å². The largest absolute Gasteiger partial charge is 0.457 e. The molecule has 0 aromatic rings. The van der Waals surface area contributed by atoms with Crippen LogP contribution in [0.5, 0.6) is 0 Å². The molecule has 4 heteroatoms. The van der Waals surface area contributed by atoms with Gasteiger partial charge < -0.3 is 14.9 Å². The maximum atomic E-state index is 12.5. The number of aliphatic hydroxyl groups is 2. The number of carbonyl (C=O) groups is 1. The summed E-state index contributed by atoms with van der Waals surface area (Å²) in [7, 11) is 0. The van der Waals surface area contributed by atoms with E-state index < -0.39 is 11.5 Å². The van der Waals surface area contributed by atoms with Crippen LogP contribution in [0.4, 0.5) is 0 Å². The lowest BCUT2D eigenvalue weighted by Crippen LogP contribution is -2.42. The highest BCUT2D eigenvalue weighted by molar-refractivity contribution is 5.77. The van der Waals surface area contributed by atoms with Crippen LogP contribution in [-0.2, 0) is 9.53 Å². The first-order valence-electron chi connectivity index (χ1n) is 7.48. The maximum absolute atomic E-state index is 12.5. The molecule has 0 bridgehead atoms. The molecule has 2 N–H and O–H groups in total. The Balaban J connectivity index is 5.08. The van der Waals surface area contributed by atoms with E-state index in [0.717, 1.165) is 32.1 Å². The zero-order valence-electron chi connectivity index (χ0n) is 12.8. The monoisotopic (exact) mass is 274 g/mol. The predicted octanol–water partition coefficient (Wildman–Crippen LogP) is 2.52. The van der Waals surface area contributed by atoms with Crippen LogP contribution >= 0.6 is 0 Å². The minimum atomic E-state index is -0.802. The molecule has 0 aliphatic carbocycles. The number of hydrogen-bond acceptors (Lipinski definition) is 4. The van der Waals surface area contributed by atoms with Gasteiger partial charge in [-0.3, -0.25) is 4.79 Å². The van der Waals surface area contributed by atoms with Gasteiger partial charge in [0.2, 0.25) is 0 Å². The molecule has 0 spiro atoms. The van der Waals surface area contributed by atoms with Crippen molar-refractivity contribution < 1.29 is 19.7 Å². The minimum Gasteiger partial charge on any atom is -0.457 e. The molecule has 0 amide bonds. The molecule has 0 aliphatic heterocycles. The summed E-state index contributed by atoms with van der Waals surface area (Å²) in [5.74, 6) is 0.0175. The Morgan fingerprint density at radius 3 is 1.95 bits per heavy atom. The molecular formula is C15H30O4. The van der Waals surface area contributed by atoms with Crippen LogP contribution in [0.1, 0.15) is 59.8 Å². The molecule has 1 unspecified atom stereocenters. The van der Waals surface area contributed by atoms with E-state index in [-0.39, 0.29) is 25.1 Å². The highest BCUT2D eigenvalue weighted by atomic mass is 16.6. The maximum Gasteiger partial charge on any atom is 0.312 e. The number of ether oxygens (including phenoxy) is 1. The van der Waals surface area contributed by atoms with Gasteiger partial charge in [0.05, 0.1) is 18.6 Å². The first-order valence-corrected chi connectivity index (χ1v) is 7.48. The van der Waals surface area contributed by atoms with Gasteiger partial charge in [0, 0.05) is 0 Å². The van der Waals surface area contributed by atoms with Crippen LogP contribution in [0.3, 0.4) is 0 Å². The fraction of sp³-hybridized carbons (Fsp3) is 0.933. The van der Waals surface area contributed by atoms with Crippen molar-refractivity contribution in [3.05, 3.63) is 0 Å². The van der Waals surface area contributed by atoms with E-state index in [1.54, 1.807) is 0 Å². The highest BCUT2D eigenvalue weighted by Crippen LogP contribution is 2.41. The van der Waals surface area contributed by atoms with Gasteiger partial charge in [0.15, 0.2) is 0 Å². The molecule has 0 aromatic carbocycles. The highest BCUT2D eigenvalue weighted by Gasteiger charge is 2.43. The molecule has 19 heavy (non-hydrogen) atoms. The average molecular weight is 274 g/mol. The van der Waals surface area contributed by atoms with Crippen molar-refractivity contribution in [3.8, 4) is 0 Å². The van der Waals surface area contributed by atoms with Crippen LogP contribution in [-0.4, -0.2) is 35.5 Å². The summed E-state index contributed by atoms with van der Waals surface area (Å²) in [5.41, 5.74) is -0.493. The van der Waals surface area contributed by atoms with Gasteiger partial charge in [0.25, 0.3) is 0 Å². The second kappa shape index (κ2) is 9.32. The summed E-state index contributed by atoms with van der Waals surface area (Å²) in [4.78, 5) is 12.5. The molecule has 0 saturated carbocycles. The number of aliphatic hydroxyl groups excluding tert-OH is 2. The fourth-order valence-electron chi connectivity index (χ4n) is 2.90. The van der Waals surface area contributed by atoms with Crippen molar-refractivity contribution in [2.45, 2.75) is 65.9 Å². The summed E-state index contributed by atoms with van der Waals surface area (Å²) in [6, 6.07) is 0. The zero-order chi connectivity index (χ0) is 14.9. The first-order chi connectivity index (χ1) is 9.05. The topological polar surface area (TPSA) is 66.8 Å². The number of carbonyl (C=O) groups excluding carboxylic acids is 1. The Labute approximate surface area is 117 Å². The second-order valence-electron chi connectivity index (χ2n) is 5.15. The van der Waals surface area contributed by atoms with E-state index in [9.17, 15) is 4.79 Å². The van der Waals surface area contributed by atoms with Crippen molar-refractivity contribution in [1.29, 1.82) is 0 Å². The Morgan fingerprint density at radius 1 is 1.11 bits per heavy atom. The Morgan fingerprint density at radius 2 is 1.63 bits per heavy atom. The first kappa shape index (κ1) is 18.4. The summed E-state index contributed by atoms with van der Waals surface area (Å²) in [5, 5.41) is 18.1. The van der Waals surface area contributed by atoms with Gasteiger partial charge in [-0.05, 0) is 25.2 Å². The van der Waals surface area contributed by atoms with E-state index in [2.05, 4.69) is 13.8 Å². The summed E-state index contributed by atoms with van der Waals surface area (Å²) >= 11 is 0. The molecule has 114 valence electrons. The van der Waals surface area contributed by atoms with Gasteiger partial charge in [-0.2, -0.15) is 0 Å². The normalized spacial score (nSPS) is 13.6. The van der Waals surface area contributed by atoms with Crippen LogP contribution in [0, 0.1) is 11.3 Å². The molecule has 0 aromatic heterocycles. The van der Waals surface area contributed by atoms with Gasteiger partial charge in [-0.15, -0.1) is 0 Å². The van der Waals surface area contributed by atoms with E-state index in [0.29, 0.717) is 0 Å². The molecule has 0 fully saturated rings. The standard InChI is InChI=1S/C15H30O4/c1-5-9-12(6-2)15(7-3,8-4)14(18)19-13(10-16)11-17/h12-13,16-17H,5-11H2,1-4H3. The van der Waals surface area contributed by atoms with Crippen molar-refractivity contribution >= 4 is 5.97 Å². The lowest BCUT2D eigenvalue weighted by Gasteiger charge is -2.37. The number of hydrogen-bond donors (Lipinski definition) is 2. The number of rotatable bonds is 10. The average Bonchev–Trinajstić information content (AvgIpc) is 2.45. The third-order valence-corrected chi connectivity index (χ3v) is 4.26. The molecular weight excluding hydrogens is 244 g/mol. The predicted molar refractivity (Wildman–Crippen MR) is 75.8 cm³/mol. The molecule has 0 heterocycles. The fourth-order valence-corrected chi connectivity index (χ4v) is 2.90. The van der Waals surface area contributed by atoms with E-state index in [4.69, 9.17) is 14.9 Å². The van der Waals surface area contributed by atoms with E-state index in [1.165, 1.54) is 0 Å². The van der Waals surface area contributed by atoms with Crippen molar-refractivity contribution in [3.63, 3.8) is 0 Å². The van der Waals surface area contributed by atoms with Crippen LogP contribution in [0.2, 0.25) is 0 Å². The van der Waals surface area contributed by atoms with Crippen molar-refractivity contribution in [1.82, 2.24) is 0 Å². The summed E-state index contributed by atoms with van der Waals surface area (Å²) in [6.07, 6.45) is 3.62. The molecule has 0 rings (SSSR count). The van der Waals surface area contributed by atoms with Crippen molar-refractivity contribution in [2.75, 3.05) is 13.2 Å². The molecule has 1 atom stereocenters.